The number of esters is 2. The molecule has 6 nitrogen and oxygen atoms in total. The van der Waals surface area contributed by atoms with Gasteiger partial charge in [0.1, 0.15) is 9.88 Å². The first kappa shape index (κ1) is 26.4. The Kier molecular flexibility index (Phi) is 13.3. The fourth-order valence-electron chi connectivity index (χ4n) is 3.05. The number of thiocarbonyl (C=S) groups is 1. The lowest BCUT2D eigenvalue weighted by molar-refractivity contribution is 0.0527. The molecule has 1 heterocycles. The molecule has 1 rings (SSSR count). The zero-order valence-electron chi connectivity index (χ0n) is 18.7. The van der Waals surface area contributed by atoms with Crippen LogP contribution in [0.2, 0.25) is 0 Å². The molecule has 2 N–H and O–H groups in total. The predicted molar refractivity (Wildman–Crippen MR) is 128 cm³/mol. The van der Waals surface area contributed by atoms with Crippen molar-refractivity contribution in [2.24, 2.45) is 0 Å². The van der Waals surface area contributed by atoms with Crippen LogP contribution in [0.4, 0.5) is 5.00 Å². The van der Waals surface area contributed by atoms with Crippen molar-refractivity contribution in [3.05, 3.63) is 16.0 Å². The van der Waals surface area contributed by atoms with Gasteiger partial charge in [0, 0.05) is 6.54 Å². The molecule has 0 fully saturated rings. The van der Waals surface area contributed by atoms with Crippen LogP contribution in [-0.4, -0.2) is 36.8 Å². The van der Waals surface area contributed by atoms with Gasteiger partial charge in [-0.2, -0.15) is 0 Å². The summed E-state index contributed by atoms with van der Waals surface area (Å²) in [4.78, 5) is 25.0. The summed E-state index contributed by atoms with van der Waals surface area (Å²) in [6.07, 6.45) is 9.99. The van der Waals surface area contributed by atoms with Crippen LogP contribution in [0.15, 0.2) is 0 Å². The first-order valence-electron chi connectivity index (χ1n) is 11.0. The Morgan fingerprint density at radius 1 is 0.900 bits per heavy atom. The van der Waals surface area contributed by atoms with E-state index in [4.69, 9.17) is 21.7 Å². The second-order valence-electron chi connectivity index (χ2n) is 7.06. The molecule has 0 aliphatic carbocycles. The van der Waals surface area contributed by atoms with Crippen molar-refractivity contribution in [3.63, 3.8) is 0 Å². The van der Waals surface area contributed by atoms with Gasteiger partial charge in [-0.25, -0.2) is 9.59 Å². The van der Waals surface area contributed by atoms with Crippen molar-refractivity contribution < 1.29 is 19.1 Å². The maximum Gasteiger partial charge on any atom is 0.348 e. The summed E-state index contributed by atoms with van der Waals surface area (Å²) in [5.41, 5.74) is 0.881. The molecular formula is C22H36N2O4S2. The minimum atomic E-state index is -0.477. The third-order valence-electron chi connectivity index (χ3n) is 4.63. The van der Waals surface area contributed by atoms with Gasteiger partial charge in [0.25, 0.3) is 0 Å². The summed E-state index contributed by atoms with van der Waals surface area (Å²) in [6.45, 7) is 8.73. The van der Waals surface area contributed by atoms with Gasteiger partial charge in [0.05, 0.1) is 18.8 Å². The van der Waals surface area contributed by atoms with Crippen molar-refractivity contribution >= 4 is 45.6 Å². The topological polar surface area (TPSA) is 76.7 Å². The SMILES string of the molecule is CCCCCCCCCCNC(=S)Nc1sc(C(=O)OCC)c(C)c1C(=O)OCC. The summed E-state index contributed by atoms with van der Waals surface area (Å²) >= 11 is 6.54. The first-order valence-corrected chi connectivity index (χ1v) is 12.2. The normalized spacial score (nSPS) is 10.5. The fourth-order valence-corrected chi connectivity index (χ4v) is 4.41. The second-order valence-corrected chi connectivity index (χ2v) is 8.49. The van der Waals surface area contributed by atoms with Crippen LogP contribution in [0.25, 0.3) is 0 Å². The predicted octanol–water partition coefficient (Wildman–Crippen LogP) is 5.84. The van der Waals surface area contributed by atoms with Crippen LogP contribution in [-0.2, 0) is 9.47 Å². The molecule has 0 saturated heterocycles. The molecule has 0 spiro atoms. The Balaban J connectivity index is 2.59. The molecule has 0 atom stereocenters. The molecule has 170 valence electrons. The third kappa shape index (κ3) is 9.00. The molecule has 0 amide bonds. The molecule has 0 radical (unpaired) electrons. The molecule has 1 aromatic rings. The molecule has 0 unspecified atom stereocenters. The van der Waals surface area contributed by atoms with Gasteiger partial charge < -0.3 is 20.1 Å². The number of nitrogens with one attached hydrogen (secondary N) is 2. The van der Waals surface area contributed by atoms with Gasteiger partial charge in [-0.3, -0.25) is 0 Å². The lowest BCUT2D eigenvalue weighted by atomic mass is 10.1. The number of hydrogen-bond donors (Lipinski definition) is 2. The Labute approximate surface area is 190 Å². The van der Waals surface area contributed by atoms with Crippen molar-refractivity contribution in [1.29, 1.82) is 0 Å². The molecular weight excluding hydrogens is 420 g/mol. The largest absolute Gasteiger partial charge is 0.462 e. The lowest BCUT2D eigenvalue weighted by Gasteiger charge is -2.11. The van der Waals surface area contributed by atoms with Crippen molar-refractivity contribution in [1.82, 2.24) is 5.32 Å². The lowest BCUT2D eigenvalue weighted by Crippen LogP contribution is -2.29. The number of ether oxygens (including phenoxy) is 2. The summed E-state index contributed by atoms with van der Waals surface area (Å²) in [7, 11) is 0. The molecule has 30 heavy (non-hydrogen) atoms. The number of anilines is 1. The number of hydrogen-bond acceptors (Lipinski definition) is 6. The average Bonchev–Trinajstić information content (AvgIpc) is 3.03. The summed E-state index contributed by atoms with van der Waals surface area (Å²) in [5, 5.41) is 7.18. The highest BCUT2D eigenvalue weighted by Crippen LogP contribution is 2.34. The molecule has 0 saturated carbocycles. The van der Waals surface area contributed by atoms with Crippen molar-refractivity contribution in [2.75, 3.05) is 25.1 Å². The third-order valence-corrected chi connectivity index (χ3v) is 6.06. The minimum Gasteiger partial charge on any atom is -0.462 e. The van der Waals surface area contributed by atoms with Crippen LogP contribution < -0.4 is 10.6 Å². The van der Waals surface area contributed by atoms with E-state index >= 15 is 0 Å². The molecule has 8 heteroatoms. The van der Waals surface area contributed by atoms with Crippen LogP contribution >= 0.6 is 23.6 Å². The van der Waals surface area contributed by atoms with Crippen molar-refractivity contribution in [2.45, 2.75) is 79.1 Å². The van der Waals surface area contributed by atoms with E-state index in [2.05, 4.69) is 17.6 Å². The summed E-state index contributed by atoms with van der Waals surface area (Å²) < 4.78 is 10.3. The standard InChI is InChI=1S/C22H36N2O4S2/c1-5-8-9-10-11-12-13-14-15-23-22(29)24-19-17(20(25)27-6-2)16(4)18(30-19)21(26)28-7-3/h5-15H2,1-4H3,(H2,23,24,29). The maximum absolute atomic E-state index is 12.4. The smallest absolute Gasteiger partial charge is 0.348 e. The van der Waals surface area contributed by atoms with E-state index in [-0.39, 0.29) is 13.2 Å². The van der Waals surface area contributed by atoms with Crippen LogP contribution in [0.1, 0.15) is 97.7 Å². The minimum absolute atomic E-state index is 0.253. The van der Waals surface area contributed by atoms with Gasteiger partial charge >= 0.3 is 11.9 Å². The second kappa shape index (κ2) is 15.2. The zero-order valence-corrected chi connectivity index (χ0v) is 20.4. The quantitative estimate of drug-likeness (QED) is 0.207. The van der Waals surface area contributed by atoms with E-state index in [0.717, 1.165) is 24.3 Å². The molecule has 1 aromatic heterocycles. The van der Waals surface area contributed by atoms with Gasteiger partial charge in [-0.1, -0.05) is 51.9 Å². The Hall–Kier alpha value is -1.67. The van der Waals surface area contributed by atoms with Gasteiger partial charge in [-0.15, -0.1) is 11.3 Å². The van der Waals surface area contributed by atoms with Gasteiger partial charge in [0.15, 0.2) is 5.11 Å². The average molecular weight is 457 g/mol. The number of carbonyl (C=O) groups excluding carboxylic acids is 2. The van der Waals surface area contributed by atoms with E-state index in [0.29, 0.717) is 26.1 Å². The van der Waals surface area contributed by atoms with E-state index in [1.54, 1.807) is 20.8 Å². The Bertz CT molecular complexity index is 689. The van der Waals surface area contributed by atoms with E-state index in [1.807, 2.05) is 0 Å². The molecule has 0 aliphatic rings. The number of thiophene rings is 1. The molecule has 0 aliphatic heterocycles. The van der Waals surface area contributed by atoms with Crippen LogP contribution in [0.3, 0.4) is 0 Å². The Morgan fingerprint density at radius 3 is 2.07 bits per heavy atom. The van der Waals surface area contributed by atoms with E-state index in [9.17, 15) is 9.59 Å². The summed E-state index contributed by atoms with van der Waals surface area (Å²) in [6, 6.07) is 0. The monoisotopic (exact) mass is 456 g/mol. The molecule has 0 aromatic carbocycles. The van der Waals surface area contributed by atoms with Crippen molar-refractivity contribution in [3.8, 4) is 0 Å². The van der Waals surface area contributed by atoms with E-state index in [1.165, 1.54) is 44.9 Å². The zero-order chi connectivity index (χ0) is 22.4. The molecule has 0 bridgehead atoms. The van der Waals surface area contributed by atoms with Crippen LogP contribution in [0, 0.1) is 6.92 Å². The number of carbonyl (C=O) groups is 2. The number of rotatable bonds is 14. The van der Waals surface area contributed by atoms with Gasteiger partial charge in [-0.05, 0) is 45.0 Å². The number of unbranched alkanes of at least 4 members (excludes halogenated alkanes) is 7. The highest BCUT2D eigenvalue weighted by molar-refractivity contribution is 7.80. The summed E-state index contributed by atoms with van der Waals surface area (Å²) in [5.74, 6) is -0.924. The fraction of sp³-hybridized carbons (Fsp3) is 0.682. The van der Waals surface area contributed by atoms with Gasteiger partial charge in [0.2, 0.25) is 0 Å². The van der Waals surface area contributed by atoms with Crippen LogP contribution in [0.5, 0.6) is 0 Å². The van der Waals surface area contributed by atoms with E-state index < -0.39 is 11.9 Å². The highest BCUT2D eigenvalue weighted by atomic mass is 32.1. The highest BCUT2D eigenvalue weighted by Gasteiger charge is 2.26. The first-order chi connectivity index (χ1) is 14.5. The Morgan fingerprint density at radius 2 is 1.47 bits per heavy atom. The maximum atomic E-state index is 12.4.